The van der Waals surface area contributed by atoms with Crippen LogP contribution in [-0.4, -0.2) is 41.9 Å². The highest BCUT2D eigenvalue weighted by atomic mass is 127. The van der Waals surface area contributed by atoms with Crippen LogP contribution in [0.3, 0.4) is 0 Å². The van der Waals surface area contributed by atoms with E-state index in [0.29, 0.717) is 29.4 Å². The number of rotatable bonds is 5. The van der Waals surface area contributed by atoms with Crippen molar-refractivity contribution in [2.24, 2.45) is 0 Å². The number of amides is 2. The predicted molar refractivity (Wildman–Crippen MR) is 126 cm³/mol. The summed E-state index contributed by atoms with van der Waals surface area (Å²) in [7, 11) is 0. The van der Waals surface area contributed by atoms with Crippen molar-refractivity contribution < 1.29 is 14.0 Å². The van der Waals surface area contributed by atoms with Gasteiger partial charge in [-0.05, 0) is 59.3 Å². The lowest BCUT2D eigenvalue weighted by atomic mass is 9.86. The number of benzene rings is 2. The summed E-state index contributed by atoms with van der Waals surface area (Å²) in [6.45, 7) is 4.13. The summed E-state index contributed by atoms with van der Waals surface area (Å²) in [5, 5.41) is 6.53. The van der Waals surface area contributed by atoms with Gasteiger partial charge in [-0.1, -0.05) is 35.3 Å². The summed E-state index contributed by atoms with van der Waals surface area (Å²) in [5.41, 5.74) is 0.876. The van der Waals surface area contributed by atoms with Crippen molar-refractivity contribution in [2.45, 2.75) is 31.8 Å². The second-order valence-electron chi connectivity index (χ2n) is 7.04. The minimum Gasteiger partial charge on any atom is -0.338 e. The molecule has 0 bridgehead atoms. The van der Waals surface area contributed by atoms with Crippen LogP contribution >= 0.6 is 45.8 Å². The Hall–Kier alpha value is -1.42. The molecule has 0 spiro atoms. The van der Waals surface area contributed by atoms with Crippen molar-refractivity contribution in [3.05, 3.63) is 61.4 Å². The molecule has 1 fully saturated rings. The van der Waals surface area contributed by atoms with E-state index in [0.717, 1.165) is 3.57 Å². The third-order valence-corrected chi connectivity index (χ3v) is 6.74. The first-order chi connectivity index (χ1) is 14.2. The number of nitrogens with zero attached hydrogens (tertiary/aromatic N) is 1. The van der Waals surface area contributed by atoms with Gasteiger partial charge in [0, 0.05) is 34.5 Å². The zero-order chi connectivity index (χ0) is 22.0. The summed E-state index contributed by atoms with van der Waals surface area (Å²) in [4.78, 5) is 27.1. The van der Waals surface area contributed by atoms with Gasteiger partial charge in [-0.2, -0.15) is 0 Å². The van der Waals surface area contributed by atoms with Crippen molar-refractivity contribution in [3.8, 4) is 0 Å². The Labute approximate surface area is 198 Å². The second kappa shape index (κ2) is 9.80. The maximum atomic E-state index is 15.0. The number of hydrogen-bond donors (Lipinski definition) is 2. The molecule has 30 heavy (non-hydrogen) atoms. The molecule has 2 N–H and O–H groups in total. The van der Waals surface area contributed by atoms with E-state index in [2.05, 4.69) is 33.2 Å². The molecule has 5 nitrogen and oxygen atoms in total. The minimum absolute atomic E-state index is 0.0208. The number of likely N-dealkylation sites (N-methyl/N-ethyl adjacent to an activating group) is 1. The van der Waals surface area contributed by atoms with Gasteiger partial charge in [-0.15, -0.1) is 0 Å². The van der Waals surface area contributed by atoms with E-state index in [9.17, 15) is 14.0 Å². The summed E-state index contributed by atoms with van der Waals surface area (Å²) in [6.07, 6.45) is 0. The lowest BCUT2D eigenvalue weighted by Crippen LogP contribution is -2.45. The molecule has 1 aliphatic rings. The van der Waals surface area contributed by atoms with Crippen LogP contribution in [0.1, 0.15) is 25.3 Å². The standard InChI is InChI=1S/C21H21Cl2FIN3O2/c1-3-28(11(2)29)17-10-26-20(18(17)13-5-4-6-14(23)19(13)24)21(30)27-16-9-12(22)7-8-15(16)25/h4-9,17-18,20,26H,3,10H2,1-2H3,(H,27,30)/t17-,18+,20?/m1/s1. The van der Waals surface area contributed by atoms with Gasteiger partial charge < -0.3 is 15.5 Å². The second-order valence-corrected chi connectivity index (χ2v) is 9.05. The molecule has 3 rings (SSSR count). The molecule has 0 aromatic heterocycles. The molecule has 3 atom stereocenters. The highest BCUT2D eigenvalue weighted by Crippen LogP contribution is 2.36. The maximum absolute atomic E-state index is 15.0. The number of carbonyl (C=O) groups excluding carboxylic acids is 2. The molecule has 0 radical (unpaired) electrons. The van der Waals surface area contributed by atoms with Crippen LogP contribution in [-0.2, 0) is 9.59 Å². The topological polar surface area (TPSA) is 61.4 Å². The molecule has 0 aliphatic carbocycles. The zero-order valence-electron chi connectivity index (χ0n) is 16.4. The Bertz CT molecular complexity index is 975. The van der Waals surface area contributed by atoms with Crippen molar-refractivity contribution in [1.29, 1.82) is 0 Å². The zero-order valence-corrected chi connectivity index (χ0v) is 20.1. The SMILES string of the molecule is CCN(C(C)=O)[C@@H]1CNC(C(=O)Nc2cc(Cl)ccc2I)[C@H]1c1cccc(Cl)c1F. The van der Waals surface area contributed by atoms with Crippen LogP contribution in [0.25, 0.3) is 0 Å². The van der Waals surface area contributed by atoms with Crippen LogP contribution in [0.15, 0.2) is 36.4 Å². The molecule has 2 aromatic carbocycles. The van der Waals surface area contributed by atoms with Gasteiger partial charge in [0.2, 0.25) is 11.8 Å². The van der Waals surface area contributed by atoms with E-state index in [-0.39, 0.29) is 16.8 Å². The third-order valence-electron chi connectivity index (χ3n) is 5.28. The first-order valence-electron chi connectivity index (χ1n) is 9.45. The Balaban J connectivity index is 1.99. The van der Waals surface area contributed by atoms with E-state index in [1.54, 1.807) is 35.2 Å². The Kier molecular flexibility index (Phi) is 7.60. The van der Waals surface area contributed by atoms with Crippen LogP contribution in [0.4, 0.5) is 10.1 Å². The molecule has 2 aromatic rings. The number of hydrogen-bond acceptors (Lipinski definition) is 3. The van der Waals surface area contributed by atoms with Crippen molar-refractivity contribution in [1.82, 2.24) is 10.2 Å². The summed E-state index contributed by atoms with van der Waals surface area (Å²) in [5.74, 6) is -1.65. The van der Waals surface area contributed by atoms with Gasteiger partial charge in [-0.3, -0.25) is 9.59 Å². The first-order valence-corrected chi connectivity index (χ1v) is 11.3. The fraction of sp³-hybridized carbons (Fsp3) is 0.333. The van der Waals surface area contributed by atoms with E-state index in [1.807, 2.05) is 6.92 Å². The van der Waals surface area contributed by atoms with Gasteiger partial charge >= 0.3 is 0 Å². The average molecular weight is 564 g/mol. The highest BCUT2D eigenvalue weighted by Gasteiger charge is 2.45. The van der Waals surface area contributed by atoms with Gasteiger partial charge in [-0.25, -0.2) is 4.39 Å². The molecule has 1 saturated heterocycles. The lowest BCUT2D eigenvalue weighted by Gasteiger charge is -2.32. The maximum Gasteiger partial charge on any atom is 0.242 e. The number of halogens is 4. The average Bonchev–Trinajstić information content (AvgIpc) is 3.11. The molecule has 160 valence electrons. The Morgan fingerprint density at radius 1 is 1.30 bits per heavy atom. The molecular formula is C21H21Cl2FIN3O2. The van der Waals surface area contributed by atoms with Crippen LogP contribution in [0.2, 0.25) is 10.0 Å². The van der Waals surface area contributed by atoms with Gasteiger partial charge in [0.15, 0.2) is 0 Å². The van der Waals surface area contributed by atoms with E-state index in [1.165, 1.54) is 13.0 Å². The van der Waals surface area contributed by atoms with Crippen LogP contribution in [0.5, 0.6) is 0 Å². The fourth-order valence-corrected chi connectivity index (χ4v) is 4.77. The van der Waals surface area contributed by atoms with E-state index < -0.39 is 23.8 Å². The van der Waals surface area contributed by atoms with Crippen LogP contribution < -0.4 is 10.6 Å². The normalized spacial score (nSPS) is 20.8. The first kappa shape index (κ1) is 23.2. The molecular weight excluding hydrogens is 543 g/mol. The predicted octanol–water partition coefficient (Wildman–Crippen LogP) is 4.67. The molecule has 1 heterocycles. The quantitative estimate of drug-likeness (QED) is 0.520. The highest BCUT2D eigenvalue weighted by molar-refractivity contribution is 14.1. The van der Waals surface area contributed by atoms with Gasteiger partial charge in [0.05, 0.1) is 22.8 Å². The Morgan fingerprint density at radius 2 is 2.03 bits per heavy atom. The summed E-state index contributed by atoms with van der Waals surface area (Å²) < 4.78 is 15.8. The molecule has 9 heteroatoms. The molecule has 0 saturated carbocycles. The fourth-order valence-electron chi connectivity index (χ4n) is 3.94. The number of anilines is 1. The smallest absolute Gasteiger partial charge is 0.242 e. The van der Waals surface area contributed by atoms with Crippen molar-refractivity contribution in [3.63, 3.8) is 0 Å². The largest absolute Gasteiger partial charge is 0.338 e. The summed E-state index contributed by atoms with van der Waals surface area (Å²) >= 11 is 14.2. The minimum atomic E-state index is -0.758. The molecule has 1 aliphatic heterocycles. The number of nitrogens with one attached hydrogen (secondary N) is 2. The van der Waals surface area contributed by atoms with Crippen LogP contribution in [0, 0.1) is 9.39 Å². The van der Waals surface area contributed by atoms with Gasteiger partial charge in [0.1, 0.15) is 5.82 Å². The lowest BCUT2D eigenvalue weighted by molar-refractivity contribution is -0.131. The molecule has 1 unspecified atom stereocenters. The van der Waals surface area contributed by atoms with Crippen molar-refractivity contribution >= 4 is 63.3 Å². The monoisotopic (exact) mass is 563 g/mol. The van der Waals surface area contributed by atoms with E-state index >= 15 is 0 Å². The van der Waals surface area contributed by atoms with E-state index in [4.69, 9.17) is 23.2 Å². The third kappa shape index (κ3) is 4.74. The van der Waals surface area contributed by atoms with Crippen molar-refractivity contribution in [2.75, 3.05) is 18.4 Å². The Morgan fingerprint density at radius 3 is 2.70 bits per heavy atom. The van der Waals surface area contributed by atoms with Gasteiger partial charge in [0.25, 0.3) is 0 Å². The number of carbonyl (C=O) groups is 2. The summed E-state index contributed by atoms with van der Waals surface area (Å²) in [6, 6.07) is 8.77. The molecule has 2 amide bonds.